The third kappa shape index (κ3) is 2.75. The van der Waals surface area contributed by atoms with E-state index in [0.717, 1.165) is 0 Å². The molecular weight excluding hydrogens is 174 g/mol. The molecule has 1 rings (SSSR count). The van der Waals surface area contributed by atoms with E-state index in [0.29, 0.717) is 18.8 Å². The van der Waals surface area contributed by atoms with Crippen molar-refractivity contribution in [1.29, 1.82) is 0 Å². The van der Waals surface area contributed by atoms with Gasteiger partial charge in [0, 0.05) is 19.9 Å². The maximum atomic E-state index is 11.1. The van der Waals surface area contributed by atoms with Crippen molar-refractivity contribution in [3.05, 3.63) is 27.0 Å². The number of hydrogen-bond acceptors (Lipinski definition) is 4. The zero-order chi connectivity index (χ0) is 9.68. The van der Waals surface area contributed by atoms with Crippen LogP contribution in [0.4, 0.5) is 5.69 Å². The molecule has 1 aromatic heterocycles. The summed E-state index contributed by atoms with van der Waals surface area (Å²) in [6.45, 7) is 1.02. The Labute approximate surface area is 74.0 Å². The Kier molecular flexibility index (Phi) is 3.27. The molecule has 0 unspecified atom stereocenters. The Morgan fingerprint density at radius 2 is 2.31 bits per heavy atom. The summed E-state index contributed by atoms with van der Waals surface area (Å²) in [4.78, 5) is 26.1. The molecule has 0 saturated heterocycles. The van der Waals surface area contributed by atoms with Gasteiger partial charge in [-0.1, -0.05) is 0 Å². The summed E-state index contributed by atoms with van der Waals surface area (Å²) in [5.41, 5.74) is -0.612. The average Bonchev–Trinajstić information content (AvgIpc) is 2.09. The standard InChI is InChI=1S/C7H11N3O3/c1-13-3-2-8-5-4-9-7(12)10-6(5)11/h4,8H,2-3H2,1H3,(H2,9,10,11,12). The molecule has 6 heteroatoms. The third-order valence-electron chi connectivity index (χ3n) is 1.44. The van der Waals surface area contributed by atoms with Gasteiger partial charge < -0.3 is 15.0 Å². The minimum absolute atomic E-state index is 0.330. The van der Waals surface area contributed by atoms with Crippen LogP contribution in [-0.2, 0) is 4.74 Å². The number of nitrogens with one attached hydrogen (secondary N) is 3. The van der Waals surface area contributed by atoms with Crippen LogP contribution in [-0.4, -0.2) is 30.2 Å². The van der Waals surface area contributed by atoms with E-state index in [2.05, 4.69) is 15.3 Å². The van der Waals surface area contributed by atoms with Crippen LogP contribution in [0.5, 0.6) is 0 Å². The summed E-state index contributed by atoms with van der Waals surface area (Å²) in [7, 11) is 1.57. The largest absolute Gasteiger partial charge is 0.383 e. The minimum Gasteiger partial charge on any atom is -0.383 e. The van der Waals surface area contributed by atoms with E-state index in [-0.39, 0.29) is 0 Å². The summed E-state index contributed by atoms with van der Waals surface area (Å²) in [5.74, 6) is 0. The molecule has 0 atom stereocenters. The normalized spacial score (nSPS) is 9.92. The van der Waals surface area contributed by atoms with Crippen molar-refractivity contribution in [2.45, 2.75) is 0 Å². The molecular formula is C7H11N3O3. The Hall–Kier alpha value is -1.56. The molecule has 1 aromatic rings. The highest BCUT2D eigenvalue weighted by Gasteiger charge is 1.97. The van der Waals surface area contributed by atoms with Gasteiger partial charge >= 0.3 is 5.69 Å². The molecule has 0 aliphatic heterocycles. The quantitative estimate of drug-likeness (QED) is 0.532. The SMILES string of the molecule is COCCNc1c[nH]c(=O)[nH]c1=O. The lowest BCUT2D eigenvalue weighted by Crippen LogP contribution is -2.25. The molecule has 0 aliphatic carbocycles. The molecule has 0 fully saturated rings. The molecule has 0 saturated carbocycles. The van der Waals surface area contributed by atoms with Gasteiger partial charge in [-0.3, -0.25) is 9.78 Å². The Morgan fingerprint density at radius 1 is 1.54 bits per heavy atom. The monoisotopic (exact) mass is 185 g/mol. The zero-order valence-corrected chi connectivity index (χ0v) is 7.22. The molecule has 0 aromatic carbocycles. The lowest BCUT2D eigenvalue weighted by Gasteiger charge is -2.02. The highest BCUT2D eigenvalue weighted by Crippen LogP contribution is 1.89. The van der Waals surface area contributed by atoms with Gasteiger partial charge in [0.15, 0.2) is 0 Å². The second-order valence-corrected chi connectivity index (χ2v) is 2.41. The second-order valence-electron chi connectivity index (χ2n) is 2.41. The number of H-pyrrole nitrogens is 2. The van der Waals surface area contributed by atoms with E-state index in [9.17, 15) is 9.59 Å². The first-order valence-corrected chi connectivity index (χ1v) is 3.79. The van der Waals surface area contributed by atoms with Crippen molar-refractivity contribution in [1.82, 2.24) is 9.97 Å². The first-order valence-electron chi connectivity index (χ1n) is 3.79. The second kappa shape index (κ2) is 4.46. The van der Waals surface area contributed by atoms with Crippen molar-refractivity contribution in [2.75, 3.05) is 25.6 Å². The highest BCUT2D eigenvalue weighted by atomic mass is 16.5. The van der Waals surface area contributed by atoms with Crippen molar-refractivity contribution in [3.63, 3.8) is 0 Å². The van der Waals surface area contributed by atoms with Crippen LogP contribution in [0.25, 0.3) is 0 Å². The van der Waals surface area contributed by atoms with E-state index in [1.807, 2.05) is 0 Å². The van der Waals surface area contributed by atoms with Gasteiger partial charge in [0.05, 0.1) is 6.61 Å². The van der Waals surface area contributed by atoms with Crippen molar-refractivity contribution in [3.8, 4) is 0 Å². The Bertz CT molecular complexity index is 368. The van der Waals surface area contributed by atoms with E-state index in [1.165, 1.54) is 6.20 Å². The van der Waals surface area contributed by atoms with Crippen LogP contribution in [0.2, 0.25) is 0 Å². The third-order valence-corrected chi connectivity index (χ3v) is 1.44. The summed E-state index contributed by atoms with van der Waals surface area (Å²) in [6.07, 6.45) is 1.33. The van der Waals surface area contributed by atoms with Crippen LogP contribution in [0.3, 0.4) is 0 Å². The predicted molar refractivity (Wildman–Crippen MR) is 48.0 cm³/mol. The zero-order valence-electron chi connectivity index (χ0n) is 7.22. The van der Waals surface area contributed by atoms with Gasteiger partial charge in [0.25, 0.3) is 5.56 Å². The van der Waals surface area contributed by atoms with Crippen LogP contribution in [0.1, 0.15) is 0 Å². The number of aromatic amines is 2. The maximum Gasteiger partial charge on any atom is 0.325 e. The van der Waals surface area contributed by atoms with Crippen LogP contribution >= 0.6 is 0 Å². The molecule has 0 bridgehead atoms. The van der Waals surface area contributed by atoms with Gasteiger partial charge in [0.2, 0.25) is 0 Å². The smallest absolute Gasteiger partial charge is 0.325 e. The summed E-state index contributed by atoms with van der Waals surface area (Å²) < 4.78 is 4.78. The number of rotatable bonds is 4. The van der Waals surface area contributed by atoms with Crippen molar-refractivity contribution >= 4 is 5.69 Å². The fourth-order valence-electron chi connectivity index (χ4n) is 0.829. The molecule has 0 radical (unpaired) electrons. The highest BCUT2D eigenvalue weighted by molar-refractivity contribution is 5.36. The lowest BCUT2D eigenvalue weighted by atomic mass is 10.5. The molecule has 1 heterocycles. The number of aromatic nitrogens is 2. The Balaban J connectivity index is 2.67. The van der Waals surface area contributed by atoms with E-state index in [1.54, 1.807) is 7.11 Å². The number of ether oxygens (including phenoxy) is 1. The van der Waals surface area contributed by atoms with Gasteiger partial charge in [-0.2, -0.15) is 0 Å². The molecule has 0 amide bonds. The number of anilines is 1. The molecule has 3 N–H and O–H groups in total. The molecule has 72 valence electrons. The fourth-order valence-corrected chi connectivity index (χ4v) is 0.829. The van der Waals surface area contributed by atoms with Gasteiger partial charge in [0.1, 0.15) is 5.69 Å². The van der Waals surface area contributed by atoms with Crippen molar-refractivity contribution in [2.24, 2.45) is 0 Å². The van der Waals surface area contributed by atoms with Crippen LogP contribution in [0.15, 0.2) is 15.8 Å². The average molecular weight is 185 g/mol. The minimum atomic E-state index is -0.512. The molecule has 6 nitrogen and oxygen atoms in total. The van der Waals surface area contributed by atoms with E-state index in [4.69, 9.17) is 4.74 Å². The summed E-state index contributed by atoms with van der Waals surface area (Å²) >= 11 is 0. The van der Waals surface area contributed by atoms with E-state index >= 15 is 0 Å². The first-order chi connectivity index (χ1) is 6.24. The first kappa shape index (κ1) is 9.53. The number of hydrogen-bond donors (Lipinski definition) is 3. The topological polar surface area (TPSA) is 87.0 Å². The summed E-state index contributed by atoms with van der Waals surface area (Å²) in [6, 6.07) is 0. The van der Waals surface area contributed by atoms with E-state index < -0.39 is 11.2 Å². The lowest BCUT2D eigenvalue weighted by molar-refractivity contribution is 0.210. The van der Waals surface area contributed by atoms with Crippen LogP contribution in [0, 0.1) is 0 Å². The van der Waals surface area contributed by atoms with Gasteiger partial charge in [-0.05, 0) is 0 Å². The van der Waals surface area contributed by atoms with Crippen molar-refractivity contribution < 1.29 is 4.74 Å². The van der Waals surface area contributed by atoms with Gasteiger partial charge in [-0.15, -0.1) is 0 Å². The molecule has 0 spiro atoms. The fraction of sp³-hybridized carbons (Fsp3) is 0.429. The van der Waals surface area contributed by atoms with Gasteiger partial charge in [-0.25, -0.2) is 4.79 Å². The summed E-state index contributed by atoms with van der Waals surface area (Å²) in [5, 5.41) is 2.80. The number of methoxy groups -OCH3 is 1. The van der Waals surface area contributed by atoms with Crippen LogP contribution < -0.4 is 16.6 Å². The predicted octanol–water partition coefficient (Wildman–Crippen LogP) is -0.878. The Morgan fingerprint density at radius 3 is 2.92 bits per heavy atom. The molecule has 13 heavy (non-hydrogen) atoms. The maximum absolute atomic E-state index is 11.1. The molecule has 0 aliphatic rings.